The molecule has 2 aromatic rings. The fourth-order valence-corrected chi connectivity index (χ4v) is 1.75. The quantitative estimate of drug-likeness (QED) is 0.780. The van der Waals surface area contributed by atoms with E-state index >= 15 is 0 Å². The van der Waals surface area contributed by atoms with Crippen LogP contribution < -0.4 is 0 Å². The second kappa shape index (κ2) is 5.41. The van der Waals surface area contributed by atoms with E-state index in [1.807, 2.05) is 6.07 Å². The average molecular weight is 245 g/mol. The topological polar surface area (TPSA) is 49.6 Å². The molecule has 0 N–H and O–H groups in total. The summed E-state index contributed by atoms with van der Waals surface area (Å²) in [6.45, 7) is 0. The Morgan fingerprint density at radius 1 is 1.12 bits per heavy atom. The number of hydrogen-bond acceptors (Lipinski definition) is 4. The van der Waals surface area contributed by atoms with E-state index in [1.165, 1.54) is 23.9 Å². The molecule has 1 aromatic carbocycles. The SMILES string of the molecule is N#CCSc1ccc(-c2ccc(F)cc2)nn1. The Hall–Kier alpha value is -1.93. The molecule has 0 atom stereocenters. The summed E-state index contributed by atoms with van der Waals surface area (Å²) < 4.78 is 12.7. The summed E-state index contributed by atoms with van der Waals surface area (Å²) in [6.07, 6.45) is 0. The predicted octanol–water partition coefficient (Wildman–Crippen LogP) is 2.90. The first kappa shape index (κ1) is 11.6. The van der Waals surface area contributed by atoms with Gasteiger partial charge in [-0.15, -0.1) is 10.2 Å². The Bertz CT molecular complexity index is 531. The van der Waals surface area contributed by atoms with Gasteiger partial charge >= 0.3 is 0 Å². The molecule has 0 fully saturated rings. The van der Waals surface area contributed by atoms with Crippen LogP contribution in [0, 0.1) is 17.1 Å². The molecular weight excluding hydrogens is 237 g/mol. The maximum atomic E-state index is 12.7. The summed E-state index contributed by atoms with van der Waals surface area (Å²) in [5, 5.41) is 17.1. The highest BCUT2D eigenvalue weighted by Gasteiger charge is 2.01. The van der Waals surface area contributed by atoms with E-state index in [4.69, 9.17) is 5.26 Å². The molecule has 17 heavy (non-hydrogen) atoms. The van der Waals surface area contributed by atoms with Crippen LogP contribution in [-0.4, -0.2) is 16.0 Å². The molecule has 0 aliphatic rings. The van der Waals surface area contributed by atoms with Gasteiger partial charge in [0, 0.05) is 5.56 Å². The molecule has 0 aliphatic heterocycles. The van der Waals surface area contributed by atoms with Gasteiger partial charge < -0.3 is 0 Å². The zero-order valence-corrected chi connectivity index (χ0v) is 9.62. The van der Waals surface area contributed by atoms with Crippen LogP contribution in [0.3, 0.4) is 0 Å². The Kier molecular flexibility index (Phi) is 3.68. The van der Waals surface area contributed by atoms with Crippen LogP contribution in [0.25, 0.3) is 11.3 Å². The number of rotatable bonds is 3. The normalized spacial score (nSPS) is 9.88. The molecule has 0 amide bonds. The third kappa shape index (κ3) is 3.02. The summed E-state index contributed by atoms with van der Waals surface area (Å²) in [7, 11) is 0. The fourth-order valence-electron chi connectivity index (χ4n) is 1.28. The monoisotopic (exact) mass is 245 g/mol. The molecule has 1 aromatic heterocycles. The minimum absolute atomic E-state index is 0.275. The van der Waals surface area contributed by atoms with Crippen molar-refractivity contribution < 1.29 is 4.39 Å². The van der Waals surface area contributed by atoms with Crippen LogP contribution in [0.5, 0.6) is 0 Å². The highest BCUT2D eigenvalue weighted by Crippen LogP contribution is 2.19. The molecule has 0 spiro atoms. The largest absolute Gasteiger partial charge is 0.207 e. The van der Waals surface area contributed by atoms with Gasteiger partial charge in [0.15, 0.2) is 0 Å². The molecule has 84 valence electrons. The molecule has 0 saturated heterocycles. The second-order valence-corrected chi connectivity index (χ2v) is 4.21. The summed E-state index contributed by atoms with van der Waals surface area (Å²) in [5.74, 6) is 0.0767. The van der Waals surface area contributed by atoms with Crippen LogP contribution in [0.2, 0.25) is 0 Å². The van der Waals surface area contributed by atoms with E-state index in [0.29, 0.717) is 16.5 Å². The predicted molar refractivity (Wildman–Crippen MR) is 63.8 cm³/mol. The van der Waals surface area contributed by atoms with Crippen molar-refractivity contribution >= 4 is 11.8 Å². The molecule has 5 heteroatoms. The maximum Gasteiger partial charge on any atom is 0.123 e. The Morgan fingerprint density at radius 3 is 2.47 bits per heavy atom. The van der Waals surface area contributed by atoms with Crippen molar-refractivity contribution in [2.24, 2.45) is 0 Å². The number of benzene rings is 1. The van der Waals surface area contributed by atoms with Crippen LogP contribution in [0.15, 0.2) is 41.4 Å². The molecule has 0 unspecified atom stereocenters. The number of nitrogens with zero attached hydrogens (tertiary/aromatic N) is 3. The van der Waals surface area contributed by atoms with E-state index in [0.717, 1.165) is 5.56 Å². The van der Waals surface area contributed by atoms with Crippen LogP contribution in [0.4, 0.5) is 4.39 Å². The minimum Gasteiger partial charge on any atom is -0.207 e. The van der Waals surface area contributed by atoms with Crippen molar-refractivity contribution in [1.29, 1.82) is 5.26 Å². The van der Waals surface area contributed by atoms with Gasteiger partial charge in [-0.05, 0) is 36.4 Å². The lowest BCUT2D eigenvalue weighted by Crippen LogP contribution is -1.89. The summed E-state index contributed by atoms with van der Waals surface area (Å²) in [6, 6.07) is 11.7. The van der Waals surface area contributed by atoms with Crippen molar-refractivity contribution in [3.63, 3.8) is 0 Å². The number of nitriles is 1. The summed E-state index contributed by atoms with van der Waals surface area (Å²) in [5.41, 5.74) is 1.50. The zero-order chi connectivity index (χ0) is 12.1. The standard InChI is InChI=1S/C12H8FN3S/c13-10-3-1-9(2-4-10)11-5-6-12(16-15-11)17-8-7-14/h1-6H,8H2. The van der Waals surface area contributed by atoms with Crippen molar-refractivity contribution in [1.82, 2.24) is 10.2 Å². The van der Waals surface area contributed by atoms with E-state index in [9.17, 15) is 4.39 Å². The average Bonchev–Trinajstić information content (AvgIpc) is 2.38. The molecule has 0 saturated carbocycles. The van der Waals surface area contributed by atoms with Crippen LogP contribution >= 0.6 is 11.8 Å². The van der Waals surface area contributed by atoms with Crippen molar-refractivity contribution in [2.45, 2.75) is 5.03 Å². The molecule has 2 rings (SSSR count). The summed E-state index contributed by atoms with van der Waals surface area (Å²) >= 11 is 1.33. The second-order valence-electron chi connectivity index (χ2n) is 3.21. The molecule has 3 nitrogen and oxygen atoms in total. The first-order valence-corrected chi connectivity index (χ1v) is 5.87. The third-order valence-corrected chi connectivity index (χ3v) is 2.85. The van der Waals surface area contributed by atoms with Crippen LogP contribution in [-0.2, 0) is 0 Å². The zero-order valence-electron chi connectivity index (χ0n) is 8.80. The lowest BCUT2D eigenvalue weighted by molar-refractivity contribution is 0.628. The molecule has 1 heterocycles. The van der Waals surface area contributed by atoms with E-state index < -0.39 is 0 Å². The number of hydrogen-bond donors (Lipinski definition) is 0. The molecule has 0 aliphatic carbocycles. The number of thioether (sulfide) groups is 1. The van der Waals surface area contributed by atoms with Gasteiger partial charge in [0.1, 0.15) is 10.8 Å². The highest BCUT2D eigenvalue weighted by molar-refractivity contribution is 7.99. The lowest BCUT2D eigenvalue weighted by Gasteiger charge is -2.00. The number of aromatic nitrogens is 2. The fraction of sp³-hybridized carbons (Fsp3) is 0.0833. The Balaban J connectivity index is 2.18. The number of halogens is 1. The van der Waals surface area contributed by atoms with Crippen molar-refractivity contribution in [3.05, 3.63) is 42.2 Å². The third-order valence-electron chi connectivity index (χ3n) is 2.06. The molecule has 0 radical (unpaired) electrons. The van der Waals surface area contributed by atoms with Gasteiger partial charge in [0.25, 0.3) is 0 Å². The van der Waals surface area contributed by atoms with Crippen LogP contribution in [0.1, 0.15) is 0 Å². The summed E-state index contributed by atoms with van der Waals surface area (Å²) in [4.78, 5) is 0. The molecule has 0 bridgehead atoms. The molecular formula is C12H8FN3S. The Morgan fingerprint density at radius 2 is 1.88 bits per heavy atom. The van der Waals surface area contributed by atoms with Gasteiger partial charge in [-0.25, -0.2) is 4.39 Å². The first-order chi connectivity index (χ1) is 8.29. The van der Waals surface area contributed by atoms with Gasteiger partial charge in [0.2, 0.25) is 0 Å². The van der Waals surface area contributed by atoms with Gasteiger partial charge in [-0.3, -0.25) is 0 Å². The lowest BCUT2D eigenvalue weighted by atomic mass is 10.1. The first-order valence-electron chi connectivity index (χ1n) is 4.89. The van der Waals surface area contributed by atoms with E-state index in [-0.39, 0.29) is 5.82 Å². The minimum atomic E-state index is -0.275. The highest BCUT2D eigenvalue weighted by atomic mass is 32.2. The van der Waals surface area contributed by atoms with E-state index in [1.54, 1.807) is 24.3 Å². The van der Waals surface area contributed by atoms with E-state index in [2.05, 4.69) is 10.2 Å². The maximum absolute atomic E-state index is 12.7. The van der Waals surface area contributed by atoms with Crippen molar-refractivity contribution in [3.8, 4) is 17.3 Å². The Labute approximate surface area is 102 Å². The van der Waals surface area contributed by atoms with Gasteiger partial charge in [0.05, 0.1) is 17.5 Å². The smallest absolute Gasteiger partial charge is 0.123 e. The van der Waals surface area contributed by atoms with Gasteiger partial charge in [-0.1, -0.05) is 11.8 Å². The van der Waals surface area contributed by atoms with Crippen molar-refractivity contribution in [2.75, 3.05) is 5.75 Å². The van der Waals surface area contributed by atoms with Gasteiger partial charge in [-0.2, -0.15) is 5.26 Å².